The summed E-state index contributed by atoms with van der Waals surface area (Å²) >= 11 is 5.91. The molecule has 0 amide bonds. The van der Waals surface area contributed by atoms with Crippen LogP contribution >= 0.6 is 24.0 Å². The number of ether oxygens (including phenoxy) is 1. The fourth-order valence-corrected chi connectivity index (χ4v) is 2.85. The number of methoxy groups -OCH3 is 1. The predicted molar refractivity (Wildman–Crippen MR) is 83.6 cm³/mol. The maximum absolute atomic E-state index is 12.0. The van der Waals surface area contributed by atoms with Crippen molar-refractivity contribution in [2.75, 3.05) is 26.7 Å². The predicted octanol–water partition coefficient (Wildman–Crippen LogP) is 2.05. The van der Waals surface area contributed by atoms with Gasteiger partial charge in [-0.05, 0) is 31.2 Å². The van der Waals surface area contributed by atoms with Gasteiger partial charge in [0.15, 0.2) is 0 Å². The Morgan fingerprint density at radius 1 is 1.25 bits per heavy atom. The van der Waals surface area contributed by atoms with Gasteiger partial charge < -0.3 is 10.1 Å². The molecule has 1 rings (SSSR count). The van der Waals surface area contributed by atoms with Gasteiger partial charge in [0.05, 0.1) is 17.0 Å². The van der Waals surface area contributed by atoms with E-state index in [0.29, 0.717) is 18.8 Å². The van der Waals surface area contributed by atoms with Crippen molar-refractivity contribution < 1.29 is 13.2 Å². The Labute approximate surface area is 131 Å². The molecule has 1 aromatic carbocycles. The van der Waals surface area contributed by atoms with Gasteiger partial charge in [-0.3, -0.25) is 0 Å². The van der Waals surface area contributed by atoms with Crippen LogP contribution in [0.1, 0.15) is 13.3 Å². The molecule has 0 saturated carbocycles. The fourth-order valence-electron chi connectivity index (χ4n) is 1.47. The van der Waals surface area contributed by atoms with E-state index in [2.05, 4.69) is 17.0 Å². The van der Waals surface area contributed by atoms with E-state index >= 15 is 0 Å². The number of hydrogen-bond donors (Lipinski definition) is 2. The van der Waals surface area contributed by atoms with Crippen molar-refractivity contribution in [3.8, 4) is 5.75 Å². The fraction of sp³-hybridized carbons (Fsp3) is 0.500. The maximum Gasteiger partial charge on any atom is 0.240 e. The minimum atomic E-state index is -3.52. The molecule has 0 unspecified atom stereocenters. The first-order valence-electron chi connectivity index (χ1n) is 6.05. The lowest BCUT2D eigenvalue weighted by atomic mass is 10.3. The number of sulfonamides is 1. The van der Waals surface area contributed by atoms with Crippen molar-refractivity contribution in [1.82, 2.24) is 10.0 Å². The second-order valence-corrected chi connectivity index (χ2v) is 6.12. The Kier molecular flexibility index (Phi) is 9.16. The summed E-state index contributed by atoms with van der Waals surface area (Å²) in [5, 5.41) is 3.39. The minimum Gasteiger partial charge on any atom is -0.495 e. The summed E-state index contributed by atoms with van der Waals surface area (Å²) in [6.45, 7) is 3.86. The van der Waals surface area contributed by atoms with Gasteiger partial charge in [0.2, 0.25) is 10.0 Å². The molecule has 1 aromatic rings. The molecule has 0 aliphatic heterocycles. The number of nitrogens with one attached hydrogen (secondary N) is 2. The first-order valence-corrected chi connectivity index (χ1v) is 7.91. The molecular weight excluding hydrogens is 323 g/mol. The summed E-state index contributed by atoms with van der Waals surface area (Å²) in [5.74, 6) is 0.449. The summed E-state index contributed by atoms with van der Waals surface area (Å²) in [6, 6.07) is 4.38. The van der Waals surface area contributed by atoms with Crippen LogP contribution in [-0.2, 0) is 10.0 Å². The largest absolute Gasteiger partial charge is 0.495 e. The van der Waals surface area contributed by atoms with Gasteiger partial charge in [0, 0.05) is 13.1 Å². The van der Waals surface area contributed by atoms with E-state index in [-0.39, 0.29) is 22.3 Å². The molecule has 20 heavy (non-hydrogen) atoms. The molecule has 116 valence electrons. The van der Waals surface area contributed by atoms with Crippen LogP contribution in [0.5, 0.6) is 5.75 Å². The van der Waals surface area contributed by atoms with E-state index in [1.807, 2.05) is 0 Å². The molecule has 0 aromatic heterocycles. The number of halogens is 2. The van der Waals surface area contributed by atoms with E-state index in [1.54, 1.807) is 0 Å². The minimum absolute atomic E-state index is 0. The van der Waals surface area contributed by atoms with Crippen molar-refractivity contribution in [2.45, 2.75) is 18.2 Å². The van der Waals surface area contributed by atoms with Crippen LogP contribution in [0.3, 0.4) is 0 Å². The van der Waals surface area contributed by atoms with Crippen molar-refractivity contribution in [2.24, 2.45) is 0 Å². The highest BCUT2D eigenvalue weighted by atomic mass is 35.5. The number of benzene rings is 1. The lowest BCUT2D eigenvalue weighted by Crippen LogP contribution is -2.32. The molecular formula is C12H20Cl2N2O3S. The Balaban J connectivity index is 0.00000361. The summed E-state index contributed by atoms with van der Waals surface area (Å²) in [4.78, 5) is 0.133. The second kappa shape index (κ2) is 9.41. The van der Waals surface area contributed by atoms with Crippen LogP contribution in [-0.4, -0.2) is 35.2 Å². The first-order chi connectivity index (χ1) is 9.01. The lowest BCUT2D eigenvalue weighted by molar-refractivity contribution is 0.414. The third-order valence-corrected chi connectivity index (χ3v) is 4.21. The highest BCUT2D eigenvalue weighted by molar-refractivity contribution is 7.89. The van der Waals surface area contributed by atoms with Gasteiger partial charge in [-0.2, -0.15) is 0 Å². The highest BCUT2D eigenvalue weighted by Crippen LogP contribution is 2.26. The molecule has 0 aliphatic carbocycles. The van der Waals surface area contributed by atoms with Gasteiger partial charge in [-0.1, -0.05) is 18.5 Å². The topological polar surface area (TPSA) is 67.4 Å². The van der Waals surface area contributed by atoms with E-state index in [4.69, 9.17) is 16.3 Å². The van der Waals surface area contributed by atoms with Crippen LogP contribution in [0.15, 0.2) is 23.1 Å². The van der Waals surface area contributed by atoms with E-state index in [0.717, 1.165) is 13.0 Å². The average molecular weight is 343 g/mol. The van der Waals surface area contributed by atoms with Gasteiger partial charge in [0.25, 0.3) is 0 Å². The molecule has 0 saturated heterocycles. The van der Waals surface area contributed by atoms with E-state index in [9.17, 15) is 8.42 Å². The van der Waals surface area contributed by atoms with Gasteiger partial charge in [-0.25, -0.2) is 13.1 Å². The molecule has 0 bridgehead atoms. The molecule has 0 radical (unpaired) electrons. The third-order valence-electron chi connectivity index (χ3n) is 2.45. The quantitative estimate of drug-likeness (QED) is 0.709. The number of rotatable bonds is 8. The molecule has 8 heteroatoms. The highest BCUT2D eigenvalue weighted by Gasteiger charge is 2.15. The zero-order chi connectivity index (χ0) is 14.3. The van der Waals surface area contributed by atoms with Crippen LogP contribution in [0, 0.1) is 0 Å². The summed E-state index contributed by atoms with van der Waals surface area (Å²) in [5.41, 5.74) is 0. The first kappa shape index (κ1) is 19.5. The van der Waals surface area contributed by atoms with E-state index < -0.39 is 10.0 Å². The van der Waals surface area contributed by atoms with Crippen molar-refractivity contribution in [1.29, 1.82) is 0 Å². The molecule has 0 fully saturated rings. The Morgan fingerprint density at radius 3 is 2.50 bits per heavy atom. The summed E-state index contributed by atoms with van der Waals surface area (Å²) < 4.78 is 31.4. The second-order valence-electron chi connectivity index (χ2n) is 3.94. The summed E-state index contributed by atoms with van der Waals surface area (Å²) in [7, 11) is -2.05. The van der Waals surface area contributed by atoms with Crippen molar-refractivity contribution in [3.63, 3.8) is 0 Å². The van der Waals surface area contributed by atoms with Gasteiger partial charge in [0.1, 0.15) is 5.75 Å². The standard InChI is InChI=1S/C12H19ClN2O3S.ClH/c1-3-6-14-7-8-15-19(16,17)10-4-5-12(18-2)11(13)9-10;/h4-5,9,14-15H,3,6-8H2,1-2H3;1H. The molecule has 2 N–H and O–H groups in total. The van der Waals surface area contributed by atoms with Crippen LogP contribution in [0.25, 0.3) is 0 Å². The Bertz CT molecular complexity index is 509. The van der Waals surface area contributed by atoms with Crippen LogP contribution in [0.4, 0.5) is 0 Å². The van der Waals surface area contributed by atoms with Gasteiger partial charge in [-0.15, -0.1) is 12.4 Å². The number of hydrogen-bond acceptors (Lipinski definition) is 4. The molecule has 0 aliphatic rings. The maximum atomic E-state index is 12.0. The summed E-state index contributed by atoms with van der Waals surface area (Å²) in [6.07, 6.45) is 1.01. The lowest BCUT2D eigenvalue weighted by Gasteiger charge is -2.09. The molecule has 5 nitrogen and oxygen atoms in total. The molecule has 0 spiro atoms. The smallest absolute Gasteiger partial charge is 0.240 e. The average Bonchev–Trinajstić information content (AvgIpc) is 2.38. The zero-order valence-electron chi connectivity index (χ0n) is 11.5. The van der Waals surface area contributed by atoms with Gasteiger partial charge >= 0.3 is 0 Å². The van der Waals surface area contributed by atoms with E-state index in [1.165, 1.54) is 25.3 Å². The molecule has 0 heterocycles. The van der Waals surface area contributed by atoms with Crippen LogP contribution < -0.4 is 14.8 Å². The molecule has 0 atom stereocenters. The van der Waals surface area contributed by atoms with Crippen LogP contribution in [0.2, 0.25) is 5.02 Å². The Hall–Kier alpha value is -0.530. The normalized spacial score (nSPS) is 10.9. The monoisotopic (exact) mass is 342 g/mol. The third kappa shape index (κ3) is 5.85. The Morgan fingerprint density at radius 2 is 1.95 bits per heavy atom. The van der Waals surface area contributed by atoms with Crippen molar-refractivity contribution in [3.05, 3.63) is 23.2 Å². The van der Waals surface area contributed by atoms with Crippen molar-refractivity contribution >= 4 is 34.0 Å². The zero-order valence-corrected chi connectivity index (χ0v) is 13.9. The SMILES string of the molecule is CCCNCCNS(=O)(=O)c1ccc(OC)c(Cl)c1.Cl.